The van der Waals surface area contributed by atoms with Gasteiger partial charge in [-0.2, -0.15) is 0 Å². The van der Waals surface area contributed by atoms with Gasteiger partial charge in [-0.3, -0.25) is 0 Å². The van der Waals surface area contributed by atoms with Crippen LogP contribution in [0.1, 0.15) is 9.67 Å². The molecule has 0 saturated heterocycles. The third kappa shape index (κ3) is 3.33. The maximum absolute atomic E-state index is 12.0. The molecule has 0 fully saturated rings. The van der Waals surface area contributed by atoms with Crippen LogP contribution in [-0.4, -0.2) is 18.2 Å². The summed E-state index contributed by atoms with van der Waals surface area (Å²) in [5.41, 5.74) is 1.55. The Kier molecular flexibility index (Phi) is 4.55. The fraction of sp³-hybridized carbons (Fsp3) is 0.0588. The van der Waals surface area contributed by atoms with Gasteiger partial charge < -0.3 is 15.4 Å². The van der Waals surface area contributed by atoms with Gasteiger partial charge in [0.1, 0.15) is 4.88 Å². The van der Waals surface area contributed by atoms with Gasteiger partial charge >= 0.3 is 5.97 Å². The molecule has 0 aliphatic rings. The van der Waals surface area contributed by atoms with Crippen molar-refractivity contribution in [3.8, 4) is 0 Å². The summed E-state index contributed by atoms with van der Waals surface area (Å²) in [4.78, 5) is 12.5. The van der Waals surface area contributed by atoms with E-state index in [9.17, 15) is 4.79 Å². The van der Waals surface area contributed by atoms with E-state index in [1.807, 2.05) is 54.6 Å². The first-order valence-corrected chi connectivity index (χ1v) is 8.14. The van der Waals surface area contributed by atoms with E-state index < -0.39 is 0 Å². The van der Waals surface area contributed by atoms with E-state index in [0.717, 1.165) is 15.8 Å². The largest absolute Gasteiger partial charge is 0.465 e. The number of ether oxygens (including phenoxy) is 1. The van der Waals surface area contributed by atoms with E-state index in [1.54, 1.807) is 0 Å². The number of fused-ring (bicyclic) bond motifs is 1. The lowest BCUT2D eigenvalue weighted by Crippen LogP contribution is -2.20. The van der Waals surface area contributed by atoms with Crippen molar-refractivity contribution in [3.05, 3.63) is 59.5 Å². The second-order valence-corrected chi connectivity index (χ2v) is 6.20. The average Bonchev–Trinajstić information content (AvgIpc) is 2.94. The van der Waals surface area contributed by atoms with Crippen molar-refractivity contribution in [2.75, 3.05) is 17.7 Å². The minimum absolute atomic E-state index is 0.379. The molecule has 0 spiro atoms. The van der Waals surface area contributed by atoms with Crippen molar-refractivity contribution in [1.29, 1.82) is 0 Å². The van der Waals surface area contributed by atoms with Gasteiger partial charge in [-0.05, 0) is 30.4 Å². The molecule has 0 atom stereocenters. The van der Waals surface area contributed by atoms with Crippen LogP contribution in [0, 0.1) is 0 Å². The lowest BCUT2D eigenvalue weighted by atomic mass is 10.2. The lowest BCUT2D eigenvalue weighted by molar-refractivity contribution is 0.0607. The van der Waals surface area contributed by atoms with Crippen molar-refractivity contribution in [2.45, 2.75) is 0 Å². The molecular formula is C17H14N2O2S2. The van der Waals surface area contributed by atoms with Crippen molar-refractivity contribution in [3.63, 3.8) is 0 Å². The van der Waals surface area contributed by atoms with Gasteiger partial charge in [0.15, 0.2) is 5.11 Å². The number of carbonyl (C=O) groups is 1. The highest BCUT2D eigenvalue weighted by atomic mass is 32.1. The summed E-state index contributed by atoms with van der Waals surface area (Å²) in [6, 6.07) is 17.4. The molecule has 0 saturated carbocycles. The van der Waals surface area contributed by atoms with Crippen LogP contribution >= 0.6 is 23.6 Å². The zero-order valence-electron chi connectivity index (χ0n) is 12.3. The number of para-hydroxylation sites is 1. The van der Waals surface area contributed by atoms with Crippen molar-refractivity contribution in [1.82, 2.24) is 0 Å². The molecule has 0 radical (unpaired) electrons. The number of methoxy groups -OCH3 is 1. The maximum Gasteiger partial charge on any atom is 0.350 e. The van der Waals surface area contributed by atoms with Gasteiger partial charge in [0.05, 0.1) is 12.8 Å². The zero-order chi connectivity index (χ0) is 16.2. The van der Waals surface area contributed by atoms with E-state index in [0.29, 0.717) is 15.7 Å². The summed E-state index contributed by atoms with van der Waals surface area (Å²) in [7, 11) is 1.37. The van der Waals surface area contributed by atoms with Crippen molar-refractivity contribution >= 4 is 56.1 Å². The fourth-order valence-electron chi connectivity index (χ4n) is 2.20. The molecule has 3 aromatic rings. The topological polar surface area (TPSA) is 50.4 Å². The number of hydrogen-bond donors (Lipinski definition) is 2. The van der Waals surface area contributed by atoms with Crippen LogP contribution in [0.5, 0.6) is 0 Å². The van der Waals surface area contributed by atoms with Gasteiger partial charge in [0, 0.05) is 15.8 Å². The second-order valence-electron chi connectivity index (χ2n) is 4.74. The van der Waals surface area contributed by atoms with Crippen LogP contribution in [-0.2, 0) is 4.74 Å². The van der Waals surface area contributed by atoms with E-state index in [4.69, 9.17) is 17.0 Å². The first-order valence-electron chi connectivity index (χ1n) is 6.92. The molecular weight excluding hydrogens is 328 g/mol. The van der Waals surface area contributed by atoms with Crippen LogP contribution in [0.2, 0.25) is 0 Å². The SMILES string of the molecule is COC(=O)c1sc2ccccc2c1NC(=S)Nc1ccccc1. The quantitative estimate of drug-likeness (QED) is 0.542. The molecule has 2 N–H and O–H groups in total. The smallest absolute Gasteiger partial charge is 0.350 e. The molecule has 1 heterocycles. The Morgan fingerprint density at radius 1 is 1.04 bits per heavy atom. The molecule has 3 rings (SSSR count). The Bertz CT molecular complexity index is 859. The standard InChI is InChI=1S/C17H14N2O2S2/c1-21-16(20)15-14(12-9-5-6-10-13(12)23-15)19-17(22)18-11-7-3-2-4-8-11/h2-10H,1H3,(H2,18,19,22). The summed E-state index contributed by atoms with van der Waals surface area (Å²) < 4.78 is 5.87. The monoisotopic (exact) mass is 342 g/mol. The summed E-state index contributed by atoms with van der Waals surface area (Å²) >= 11 is 6.74. The predicted octanol–water partition coefficient (Wildman–Crippen LogP) is 4.50. The Balaban J connectivity index is 1.92. The normalized spacial score (nSPS) is 10.3. The van der Waals surface area contributed by atoms with Crippen LogP contribution < -0.4 is 10.6 Å². The lowest BCUT2D eigenvalue weighted by Gasteiger charge is -2.11. The molecule has 0 amide bonds. The van der Waals surface area contributed by atoms with E-state index in [2.05, 4.69) is 10.6 Å². The number of rotatable bonds is 3. The molecule has 0 bridgehead atoms. The molecule has 0 aliphatic heterocycles. The molecule has 23 heavy (non-hydrogen) atoms. The first kappa shape index (κ1) is 15.5. The van der Waals surface area contributed by atoms with Gasteiger partial charge in [0.2, 0.25) is 0 Å². The summed E-state index contributed by atoms with van der Waals surface area (Å²) in [5, 5.41) is 7.59. The Morgan fingerprint density at radius 2 is 1.74 bits per heavy atom. The molecule has 116 valence electrons. The number of nitrogens with one attached hydrogen (secondary N) is 2. The summed E-state index contributed by atoms with van der Waals surface area (Å²) in [6.07, 6.45) is 0. The minimum atomic E-state index is -0.379. The predicted molar refractivity (Wildman–Crippen MR) is 99.4 cm³/mol. The van der Waals surface area contributed by atoms with Crippen LogP contribution in [0.15, 0.2) is 54.6 Å². The maximum atomic E-state index is 12.0. The second kappa shape index (κ2) is 6.76. The third-order valence-electron chi connectivity index (χ3n) is 3.24. The van der Waals surface area contributed by atoms with Gasteiger partial charge in [0.25, 0.3) is 0 Å². The molecule has 4 nitrogen and oxygen atoms in total. The number of thiophene rings is 1. The Hall–Kier alpha value is -2.44. The van der Waals surface area contributed by atoms with Crippen LogP contribution in [0.25, 0.3) is 10.1 Å². The van der Waals surface area contributed by atoms with E-state index in [1.165, 1.54) is 18.4 Å². The molecule has 6 heteroatoms. The summed E-state index contributed by atoms with van der Waals surface area (Å²) in [6.45, 7) is 0. The zero-order valence-corrected chi connectivity index (χ0v) is 14.0. The third-order valence-corrected chi connectivity index (χ3v) is 4.59. The highest BCUT2D eigenvalue weighted by molar-refractivity contribution is 7.80. The van der Waals surface area contributed by atoms with E-state index >= 15 is 0 Å². The van der Waals surface area contributed by atoms with Crippen molar-refractivity contribution < 1.29 is 9.53 Å². The molecule has 2 aromatic carbocycles. The molecule has 0 unspecified atom stereocenters. The Morgan fingerprint density at radius 3 is 2.48 bits per heavy atom. The number of hydrogen-bond acceptors (Lipinski definition) is 4. The Labute approximate surface area is 143 Å². The number of esters is 1. The van der Waals surface area contributed by atoms with Crippen LogP contribution in [0.3, 0.4) is 0 Å². The fourth-order valence-corrected chi connectivity index (χ4v) is 3.50. The van der Waals surface area contributed by atoms with Crippen LogP contribution in [0.4, 0.5) is 11.4 Å². The number of thiocarbonyl (C=S) groups is 1. The highest BCUT2D eigenvalue weighted by Gasteiger charge is 2.19. The van der Waals surface area contributed by atoms with Crippen molar-refractivity contribution in [2.24, 2.45) is 0 Å². The van der Waals surface area contributed by atoms with Gasteiger partial charge in [-0.25, -0.2) is 4.79 Å². The minimum Gasteiger partial charge on any atom is -0.465 e. The van der Waals surface area contributed by atoms with Gasteiger partial charge in [-0.15, -0.1) is 11.3 Å². The number of carbonyl (C=O) groups excluding carboxylic acids is 1. The number of anilines is 2. The molecule has 1 aromatic heterocycles. The summed E-state index contributed by atoms with van der Waals surface area (Å²) in [5.74, 6) is -0.379. The van der Waals surface area contributed by atoms with Gasteiger partial charge in [-0.1, -0.05) is 36.4 Å². The average molecular weight is 342 g/mol. The molecule has 0 aliphatic carbocycles. The number of benzene rings is 2. The highest BCUT2D eigenvalue weighted by Crippen LogP contribution is 2.36. The van der Waals surface area contributed by atoms with E-state index in [-0.39, 0.29) is 5.97 Å². The first-order chi connectivity index (χ1) is 11.2.